The Morgan fingerprint density at radius 3 is 2.84 bits per heavy atom. The summed E-state index contributed by atoms with van der Waals surface area (Å²) in [7, 11) is 0. The molecule has 2 rings (SSSR count). The first kappa shape index (κ1) is 15.2. The maximum absolute atomic E-state index is 12.8. The first-order chi connectivity index (χ1) is 8.58. The van der Waals surface area contributed by atoms with Crippen LogP contribution >= 0.6 is 0 Å². The molecule has 3 atom stereocenters. The quantitative estimate of drug-likeness (QED) is 0.575. The molecule has 0 aliphatic carbocycles. The molecular weight excluding hydrogens is 261 g/mol. The minimum atomic E-state index is -1.31. The largest absolute Gasteiger partial charge is 0.412 e. The average Bonchev–Trinajstić information content (AvgIpc) is 2.65. The Balaban J connectivity index is 0.00000180. The first-order valence-corrected chi connectivity index (χ1v) is 5.17. The van der Waals surface area contributed by atoms with Crippen LogP contribution in [0.15, 0.2) is 29.0 Å². The van der Waals surface area contributed by atoms with Crippen LogP contribution in [0.5, 0.6) is 0 Å². The van der Waals surface area contributed by atoms with Gasteiger partial charge >= 0.3 is 5.69 Å². The number of aliphatic hydroxyl groups is 2. The fraction of sp³-hybridized carbons (Fsp3) is 0.400. The van der Waals surface area contributed by atoms with Crippen LogP contribution in [0.25, 0.3) is 0 Å². The topological polar surface area (TPSA) is 142 Å². The van der Waals surface area contributed by atoms with Crippen molar-refractivity contribution >= 4 is 5.82 Å². The number of rotatable bonds is 2. The highest BCUT2D eigenvalue weighted by molar-refractivity contribution is 5.25. The standard InChI is InChI=1S/C10H12FN3O4.H2O/c11-3-5-8(16)6(4-15)18-9(5)14-2-1-7(12)13-10(14)17;/h1-3,6,8-9,15-16H,4H2,(H2,12,13,17);1H2/b5-3+;/t6-,8+,9-;/m1./s1. The van der Waals surface area contributed by atoms with Crippen molar-refractivity contribution < 1.29 is 24.8 Å². The van der Waals surface area contributed by atoms with Gasteiger partial charge in [0.1, 0.15) is 18.0 Å². The number of ether oxygens (including phenoxy) is 1. The fourth-order valence-electron chi connectivity index (χ4n) is 1.77. The predicted molar refractivity (Wildman–Crippen MR) is 62.7 cm³/mol. The van der Waals surface area contributed by atoms with Crippen molar-refractivity contribution in [2.24, 2.45) is 0 Å². The van der Waals surface area contributed by atoms with Crippen LogP contribution in [0, 0.1) is 0 Å². The molecule has 1 aromatic heterocycles. The number of hydrogen-bond donors (Lipinski definition) is 3. The van der Waals surface area contributed by atoms with Crippen molar-refractivity contribution in [1.82, 2.24) is 9.55 Å². The molecule has 0 saturated carbocycles. The highest BCUT2D eigenvalue weighted by atomic mass is 19.1. The average molecular weight is 275 g/mol. The van der Waals surface area contributed by atoms with Crippen molar-refractivity contribution in [1.29, 1.82) is 0 Å². The molecule has 8 nitrogen and oxygen atoms in total. The monoisotopic (exact) mass is 275 g/mol. The summed E-state index contributed by atoms with van der Waals surface area (Å²) in [5.41, 5.74) is 4.45. The zero-order valence-electron chi connectivity index (χ0n) is 9.73. The Hall–Kier alpha value is -1.81. The van der Waals surface area contributed by atoms with Gasteiger partial charge in [0.05, 0.1) is 12.9 Å². The maximum atomic E-state index is 12.8. The molecule has 9 heteroatoms. The lowest BCUT2D eigenvalue weighted by Crippen LogP contribution is -2.28. The number of hydrogen-bond acceptors (Lipinski definition) is 6. The van der Waals surface area contributed by atoms with Gasteiger partial charge in [0, 0.05) is 11.8 Å². The maximum Gasteiger partial charge on any atom is 0.351 e. The van der Waals surface area contributed by atoms with Gasteiger partial charge in [0.25, 0.3) is 0 Å². The highest BCUT2D eigenvalue weighted by Crippen LogP contribution is 2.33. The Morgan fingerprint density at radius 2 is 2.32 bits per heavy atom. The van der Waals surface area contributed by atoms with Crippen LogP contribution in [0.4, 0.5) is 10.2 Å². The molecule has 1 aliphatic rings. The van der Waals surface area contributed by atoms with Gasteiger partial charge in [-0.1, -0.05) is 0 Å². The molecule has 0 amide bonds. The molecule has 0 aromatic carbocycles. The normalized spacial score (nSPS) is 28.4. The minimum Gasteiger partial charge on any atom is -0.412 e. The fourth-order valence-corrected chi connectivity index (χ4v) is 1.77. The minimum absolute atomic E-state index is 0. The smallest absolute Gasteiger partial charge is 0.351 e. The molecule has 0 radical (unpaired) electrons. The third-order valence-electron chi connectivity index (χ3n) is 2.69. The Kier molecular flexibility index (Phi) is 4.72. The van der Waals surface area contributed by atoms with Gasteiger partial charge in [0.2, 0.25) is 0 Å². The predicted octanol–water partition coefficient (Wildman–Crippen LogP) is -1.90. The number of halogens is 1. The van der Waals surface area contributed by atoms with Gasteiger partial charge in [-0.05, 0) is 6.07 Å². The van der Waals surface area contributed by atoms with E-state index in [0.717, 1.165) is 4.57 Å². The lowest BCUT2D eigenvalue weighted by atomic mass is 10.1. The second-order valence-corrected chi connectivity index (χ2v) is 3.81. The summed E-state index contributed by atoms with van der Waals surface area (Å²) >= 11 is 0. The summed E-state index contributed by atoms with van der Waals surface area (Å²) in [6.07, 6.45) is -1.99. The third-order valence-corrected chi connectivity index (χ3v) is 2.69. The number of anilines is 1. The number of nitrogens with two attached hydrogens (primary N) is 1. The van der Waals surface area contributed by atoms with Gasteiger partial charge in [0.15, 0.2) is 6.23 Å². The molecule has 0 bridgehead atoms. The van der Waals surface area contributed by atoms with Crippen LogP contribution in [0.2, 0.25) is 0 Å². The van der Waals surface area contributed by atoms with Crippen molar-refractivity contribution in [3.05, 3.63) is 34.7 Å². The van der Waals surface area contributed by atoms with Crippen LogP contribution in [0.1, 0.15) is 6.23 Å². The molecule has 1 aliphatic heterocycles. The molecule has 2 heterocycles. The zero-order valence-corrected chi connectivity index (χ0v) is 9.73. The van der Waals surface area contributed by atoms with E-state index in [9.17, 15) is 14.3 Å². The number of nitrogen functional groups attached to an aromatic ring is 1. The van der Waals surface area contributed by atoms with Gasteiger partial charge in [-0.15, -0.1) is 0 Å². The Labute approximate surface area is 106 Å². The van der Waals surface area contributed by atoms with E-state index >= 15 is 0 Å². The zero-order chi connectivity index (χ0) is 13.3. The summed E-state index contributed by atoms with van der Waals surface area (Å²) in [6, 6.07) is 1.35. The SMILES string of the molecule is Nc1ccn([C@@H]2O[C@H](CO)[C@@H](O)/C2=C\F)c(=O)n1.O. The number of aromatic nitrogens is 2. The van der Waals surface area contributed by atoms with Crippen molar-refractivity contribution in [3.8, 4) is 0 Å². The van der Waals surface area contributed by atoms with E-state index < -0.39 is 30.7 Å². The van der Waals surface area contributed by atoms with Crippen molar-refractivity contribution in [2.45, 2.75) is 18.4 Å². The summed E-state index contributed by atoms with van der Waals surface area (Å²) in [4.78, 5) is 15.1. The van der Waals surface area contributed by atoms with E-state index in [1.165, 1.54) is 12.3 Å². The van der Waals surface area contributed by atoms with E-state index in [0.29, 0.717) is 0 Å². The van der Waals surface area contributed by atoms with Gasteiger partial charge in [-0.2, -0.15) is 4.98 Å². The molecule has 19 heavy (non-hydrogen) atoms. The Morgan fingerprint density at radius 1 is 1.63 bits per heavy atom. The highest BCUT2D eigenvalue weighted by Gasteiger charge is 2.40. The molecule has 6 N–H and O–H groups in total. The third kappa shape index (κ3) is 2.63. The van der Waals surface area contributed by atoms with Crippen LogP contribution < -0.4 is 11.4 Å². The summed E-state index contributed by atoms with van der Waals surface area (Å²) < 4.78 is 19.0. The lowest BCUT2D eigenvalue weighted by molar-refractivity contribution is -0.0447. The lowest BCUT2D eigenvalue weighted by Gasteiger charge is -2.14. The molecular formula is C10H14FN3O5. The van der Waals surface area contributed by atoms with Crippen molar-refractivity contribution in [2.75, 3.05) is 12.3 Å². The molecule has 0 spiro atoms. The number of aliphatic hydroxyl groups excluding tert-OH is 2. The number of nitrogens with zero attached hydrogens (tertiary/aromatic N) is 2. The second-order valence-electron chi connectivity index (χ2n) is 3.81. The molecule has 1 fully saturated rings. The van der Waals surface area contributed by atoms with Gasteiger partial charge < -0.3 is 26.2 Å². The van der Waals surface area contributed by atoms with Crippen LogP contribution in [-0.2, 0) is 4.74 Å². The van der Waals surface area contributed by atoms with E-state index in [-0.39, 0.29) is 23.2 Å². The second kappa shape index (κ2) is 5.89. The van der Waals surface area contributed by atoms with E-state index in [4.69, 9.17) is 15.6 Å². The molecule has 0 unspecified atom stereocenters. The van der Waals surface area contributed by atoms with E-state index in [1.54, 1.807) is 0 Å². The molecule has 106 valence electrons. The van der Waals surface area contributed by atoms with Crippen LogP contribution in [0.3, 0.4) is 0 Å². The summed E-state index contributed by atoms with van der Waals surface area (Å²) in [5, 5.41) is 18.6. The van der Waals surface area contributed by atoms with Crippen molar-refractivity contribution in [3.63, 3.8) is 0 Å². The van der Waals surface area contributed by atoms with E-state index in [1.807, 2.05) is 0 Å². The molecule has 1 aromatic rings. The van der Waals surface area contributed by atoms with Gasteiger partial charge in [-0.25, -0.2) is 9.18 Å². The summed E-state index contributed by atoms with van der Waals surface area (Å²) in [6.45, 7) is -0.494. The van der Waals surface area contributed by atoms with E-state index in [2.05, 4.69) is 4.98 Å². The molecule has 1 saturated heterocycles. The van der Waals surface area contributed by atoms with Crippen LogP contribution in [-0.4, -0.2) is 44.1 Å². The summed E-state index contributed by atoms with van der Waals surface area (Å²) in [5.74, 6) is 0.0271. The Bertz CT molecular complexity index is 532. The van der Waals surface area contributed by atoms with Gasteiger partial charge in [-0.3, -0.25) is 4.57 Å². The first-order valence-electron chi connectivity index (χ1n) is 5.17.